The molecule has 1 N–H and O–H groups in total. The Hall–Kier alpha value is -1.71. The highest BCUT2D eigenvalue weighted by Crippen LogP contribution is 2.39. The second kappa shape index (κ2) is 7.90. The lowest BCUT2D eigenvalue weighted by Gasteiger charge is -2.32. The maximum Gasteiger partial charge on any atom is 0.492 e. The van der Waals surface area contributed by atoms with Crippen molar-refractivity contribution < 1.29 is 23.6 Å². The molecule has 142 valence electrons. The summed E-state index contributed by atoms with van der Waals surface area (Å²) in [6.45, 7) is 11.5. The maximum absolute atomic E-state index is 12.1. The van der Waals surface area contributed by atoms with Crippen LogP contribution < -0.4 is 5.32 Å². The number of amides is 1. The highest BCUT2D eigenvalue weighted by Gasteiger charge is 2.52. The van der Waals surface area contributed by atoms with Gasteiger partial charge in [0.15, 0.2) is 5.69 Å². The molecule has 9 heteroatoms. The molecule has 1 aromatic heterocycles. The zero-order chi connectivity index (χ0) is 19.5. The Morgan fingerprint density at radius 1 is 1.31 bits per heavy atom. The van der Waals surface area contributed by atoms with E-state index in [4.69, 9.17) is 14.0 Å². The highest BCUT2D eigenvalue weighted by atomic mass is 32.1. The van der Waals surface area contributed by atoms with E-state index in [0.29, 0.717) is 10.3 Å². The fraction of sp³-hybridized carbons (Fsp3) is 0.588. The van der Waals surface area contributed by atoms with Crippen molar-refractivity contribution in [3.05, 3.63) is 21.6 Å². The lowest BCUT2D eigenvalue weighted by molar-refractivity contribution is -0.118. The zero-order valence-corrected chi connectivity index (χ0v) is 16.9. The van der Waals surface area contributed by atoms with Gasteiger partial charge in [0.1, 0.15) is 0 Å². The first-order valence-electron chi connectivity index (χ1n) is 8.48. The molecule has 0 radical (unpaired) electrons. The first kappa shape index (κ1) is 20.6. The molecule has 7 nitrogen and oxygen atoms in total. The minimum Gasteiger partial charge on any atom is -0.461 e. The van der Waals surface area contributed by atoms with Gasteiger partial charge in [-0.15, -0.1) is 11.3 Å². The number of hydrogen-bond acceptors (Lipinski definition) is 7. The molecule has 2 heterocycles. The molecule has 0 aliphatic carbocycles. The molecule has 1 aromatic rings. The SMILES string of the molecule is CCOC(=O)c1ncsc1C=C(CNC(C)=O)B1OC(C)(C)C(C)(C)O1. The van der Waals surface area contributed by atoms with Gasteiger partial charge in [0, 0.05) is 13.5 Å². The third-order valence-electron chi connectivity index (χ3n) is 4.48. The van der Waals surface area contributed by atoms with Gasteiger partial charge in [-0.25, -0.2) is 9.78 Å². The summed E-state index contributed by atoms with van der Waals surface area (Å²) >= 11 is 1.31. The van der Waals surface area contributed by atoms with E-state index >= 15 is 0 Å². The Balaban J connectivity index is 2.34. The number of nitrogens with zero attached hydrogens (tertiary/aromatic N) is 1. The largest absolute Gasteiger partial charge is 0.492 e. The summed E-state index contributed by atoms with van der Waals surface area (Å²) in [7, 11) is -0.635. The van der Waals surface area contributed by atoms with Crippen LogP contribution in [0.25, 0.3) is 6.08 Å². The normalized spacial score (nSPS) is 18.7. The fourth-order valence-corrected chi connectivity index (χ4v) is 3.04. The number of esters is 1. The molecule has 1 aliphatic rings. The van der Waals surface area contributed by atoms with Gasteiger partial charge in [-0.05, 0) is 46.2 Å². The molecule has 1 fully saturated rings. The van der Waals surface area contributed by atoms with E-state index in [1.807, 2.05) is 27.7 Å². The van der Waals surface area contributed by atoms with E-state index in [-0.39, 0.29) is 24.8 Å². The predicted octanol–water partition coefficient (Wildman–Crippen LogP) is 2.47. The Labute approximate surface area is 158 Å². The van der Waals surface area contributed by atoms with Crippen molar-refractivity contribution >= 4 is 36.4 Å². The molecule has 0 bridgehead atoms. The van der Waals surface area contributed by atoms with Gasteiger partial charge in [0.2, 0.25) is 5.91 Å². The Morgan fingerprint density at radius 3 is 2.46 bits per heavy atom. The zero-order valence-electron chi connectivity index (χ0n) is 16.0. The molecular weight excluding hydrogens is 355 g/mol. The van der Waals surface area contributed by atoms with Crippen molar-refractivity contribution in [2.45, 2.75) is 52.7 Å². The van der Waals surface area contributed by atoms with Crippen LogP contribution in [0.5, 0.6) is 0 Å². The van der Waals surface area contributed by atoms with Crippen LogP contribution in [-0.4, -0.2) is 48.3 Å². The molecule has 1 amide bonds. The lowest BCUT2D eigenvalue weighted by atomic mass is 9.77. The average Bonchev–Trinajstić information content (AvgIpc) is 3.06. The standard InChI is InChI=1S/C17H25BN2O5S/c1-7-23-15(22)14-13(26-10-20-14)8-12(9-19-11(2)21)18-24-16(3,4)17(5,6)25-18/h8,10H,7,9H2,1-6H3,(H,19,21). The summed E-state index contributed by atoms with van der Waals surface area (Å²) in [5.41, 5.74) is 1.51. The molecule has 0 atom stereocenters. The quantitative estimate of drug-likeness (QED) is 0.603. The van der Waals surface area contributed by atoms with Crippen LogP contribution in [0.4, 0.5) is 0 Å². The molecule has 0 saturated carbocycles. The third kappa shape index (κ3) is 4.52. The second-order valence-electron chi connectivity index (χ2n) is 7.00. The van der Waals surface area contributed by atoms with Gasteiger partial charge in [-0.2, -0.15) is 0 Å². The first-order valence-corrected chi connectivity index (χ1v) is 9.36. The third-order valence-corrected chi connectivity index (χ3v) is 5.25. The summed E-state index contributed by atoms with van der Waals surface area (Å²) < 4.78 is 17.2. The van der Waals surface area contributed by atoms with E-state index < -0.39 is 24.3 Å². The van der Waals surface area contributed by atoms with Gasteiger partial charge in [-0.1, -0.05) is 0 Å². The van der Waals surface area contributed by atoms with Gasteiger partial charge < -0.3 is 19.4 Å². The second-order valence-corrected chi connectivity index (χ2v) is 7.89. The van der Waals surface area contributed by atoms with E-state index in [9.17, 15) is 9.59 Å². The van der Waals surface area contributed by atoms with Gasteiger partial charge in [0.25, 0.3) is 0 Å². The average molecular weight is 380 g/mol. The molecular formula is C17H25BN2O5S. The number of rotatable bonds is 6. The number of carbonyl (C=O) groups is 2. The van der Waals surface area contributed by atoms with Crippen molar-refractivity contribution in [1.29, 1.82) is 0 Å². The molecule has 0 aromatic carbocycles. The summed E-state index contributed by atoms with van der Waals surface area (Å²) in [5.74, 6) is -0.643. The number of thiazole rings is 1. The summed E-state index contributed by atoms with van der Waals surface area (Å²) in [4.78, 5) is 28.2. The minimum atomic E-state index is -0.635. The number of hydrogen-bond donors (Lipinski definition) is 1. The number of ether oxygens (including phenoxy) is 1. The van der Waals surface area contributed by atoms with Crippen molar-refractivity contribution in [2.75, 3.05) is 13.2 Å². The highest BCUT2D eigenvalue weighted by molar-refractivity contribution is 7.11. The van der Waals surface area contributed by atoms with Crippen molar-refractivity contribution in [1.82, 2.24) is 10.3 Å². The fourth-order valence-electron chi connectivity index (χ4n) is 2.30. The minimum absolute atomic E-state index is 0.165. The van der Waals surface area contributed by atoms with Crippen LogP contribution in [0.15, 0.2) is 11.0 Å². The maximum atomic E-state index is 12.1. The van der Waals surface area contributed by atoms with Crippen molar-refractivity contribution in [3.8, 4) is 0 Å². The van der Waals surface area contributed by atoms with Gasteiger partial charge in [0.05, 0.1) is 28.2 Å². The molecule has 26 heavy (non-hydrogen) atoms. The van der Waals surface area contributed by atoms with Crippen LogP contribution >= 0.6 is 11.3 Å². The van der Waals surface area contributed by atoms with E-state index in [1.165, 1.54) is 18.3 Å². The van der Waals surface area contributed by atoms with Crippen molar-refractivity contribution in [3.63, 3.8) is 0 Å². The van der Waals surface area contributed by atoms with Crippen LogP contribution in [-0.2, 0) is 18.8 Å². The van der Waals surface area contributed by atoms with E-state index in [0.717, 1.165) is 0 Å². The van der Waals surface area contributed by atoms with Crippen molar-refractivity contribution in [2.24, 2.45) is 0 Å². The summed E-state index contributed by atoms with van der Waals surface area (Å²) in [5, 5.41) is 2.76. The number of carbonyl (C=O) groups excluding carboxylic acids is 2. The lowest BCUT2D eigenvalue weighted by Crippen LogP contribution is -2.41. The van der Waals surface area contributed by atoms with E-state index in [1.54, 1.807) is 18.5 Å². The van der Waals surface area contributed by atoms with Gasteiger partial charge >= 0.3 is 13.1 Å². The predicted molar refractivity (Wildman–Crippen MR) is 101 cm³/mol. The van der Waals surface area contributed by atoms with E-state index in [2.05, 4.69) is 10.3 Å². The summed E-state index contributed by atoms with van der Waals surface area (Å²) in [6, 6.07) is 0. The molecule has 1 aliphatic heterocycles. The molecule has 0 unspecified atom stereocenters. The first-order chi connectivity index (χ1) is 12.1. The molecule has 0 spiro atoms. The number of aromatic nitrogens is 1. The van der Waals surface area contributed by atoms with Crippen LogP contribution in [0.3, 0.4) is 0 Å². The van der Waals surface area contributed by atoms with Crippen LogP contribution in [0, 0.1) is 0 Å². The monoisotopic (exact) mass is 380 g/mol. The van der Waals surface area contributed by atoms with Crippen LogP contribution in [0.2, 0.25) is 0 Å². The van der Waals surface area contributed by atoms with Gasteiger partial charge in [-0.3, -0.25) is 4.79 Å². The Morgan fingerprint density at radius 2 is 1.92 bits per heavy atom. The smallest absolute Gasteiger partial charge is 0.461 e. The summed E-state index contributed by atoms with van der Waals surface area (Å²) in [6.07, 6.45) is 1.78. The Kier molecular flexibility index (Phi) is 6.26. The Bertz CT molecular complexity index is 698. The topological polar surface area (TPSA) is 86.8 Å². The molecule has 1 saturated heterocycles. The molecule has 2 rings (SSSR count). The van der Waals surface area contributed by atoms with Crippen LogP contribution in [0.1, 0.15) is 56.9 Å². The number of nitrogens with one attached hydrogen (secondary N) is 1.